The highest BCUT2D eigenvalue weighted by Gasteiger charge is 2.04. The van der Waals surface area contributed by atoms with E-state index in [-0.39, 0.29) is 5.56 Å². The van der Waals surface area contributed by atoms with E-state index in [1.165, 1.54) is 11.3 Å². The van der Waals surface area contributed by atoms with Crippen LogP contribution in [-0.2, 0) is 19.5 Å². The number of para-hydroxylation sites is 1. The summed E-state index contributed by atoms with van der Waals surface area (Å²) < 4.78 is 3.84. The average Bonchev–Trinajstić information content (AvgIpc) is 3.19. The largest absolute Gasteiger partial charge is 0.330 e. The van der Waals surface area contributed by atoms with E-state index >= 15 is 0 Å². The van der Waals surface area contributed by atoms with Crippen LogP contribution in [0.5, 0.6) is 0 Å². The fourth-order valence-electron chi connectivity index (χ4n) is 3.36. The van der Waals surface area contributed by atoms with Crippen molar-refractivity contribution in [3.05, 3.63) is 119 Å². The summed E-state index contributed by atoms with van der Waals surface area (Å²) >= 11 is 0. The van der Waals surface area contributed by atoms with E-state index in [4.69, 9.17) is 0 Å². The Bertz CT molecular complexity index is 1100. The van der Waals surface area contributed by atoms with E-state index in [0.29, 0.717) is 6.54 Å². The lowest BCUT2D eigenvalue weighted by Gasteiger charge is -2.10. The molecule has 146 valence electrons. The molecule has 2 aromatic heterocycles. The van der Waals surface area contributed by atoms with Gasteiger partial charge in [0.15, 0.2) is 0 Å². The smallest absolute Gasteiger partial charge is 0.255 e. The van der Waals surface area contributed by atoms with Gasteiger partial charge in [-0.25, -0.2) is 4.98 Å². The van der Waals surface area contributed by atoms with Crippen LogP contribution >= 0.6 is 0 Å². The molecule has 2 heterocycles. The average molecular weight is 384 g/mol. The third-order valence-electron chi connectivity index (χ3n) is 4.90. The molecule has 0 aliphatic carbocycles. The van der Waals surface area contributed by atoms with Gasteiger partial charge in [0.2, 0.25) is 0 Å². The van der Waals surface area contributed by atoms with Crippen molar-refractivity contribution in [3.63, 3.8) is 0 Å². The molecule has 29 heavy (non-hydrogen) atoms. The Hall–Kier alpha value is -3.44. The fraction of sp³-hybridized carbons (Fsp3) is 0.167. The Morgan fingerprint density at radius 2 is 1.66 bits per heavy atom. The summed E-state index contributed by atoms with van der Waals surface area (Å²) in [4.78, 5) is 16.7. The second-order valence-corrected chi connectivity index (χ2v) is 7.00. The molecule has 0 atom stereocenters. The zero-order valence-corrected chi connectivity index (χ0v) is 16.2. The maximum atomic E-state index is 12.4. The van der Waals surface area contributed by atoms with Gasteiger partial charge in [-0.1, -0.05) is 48.5 Å². The highest BCUT2D eigenvalue weighted by atomic mass is 16.1. The molecule has 0 bridgehead atoms. The van der Waals surface area contributed by atoms with Crippen molar-refractivity contribution in [1.29, 1.82) is 0 Å². The van der Waals surface area contributed by atoms with E-state index in [0.717, 1.165) is 30.8 Å². The zero-order chi connectivity index (χ0) is 19.9. The monoisotopic (exact) mass is 384 g/mol. The zero-order valence-electron chi connectivity index (χ0n) is 16.2. The number of pyridine rings is 1. The number of aromatic nitrogens is 3. The Morgan fingerprint density at radius 1 is 0.897 bits per heavy atom. The number of imidazole rings is 1. The van der Waals surface area contributed by atoms with Gasteiger partial charge in [0, 0.05) is 55.9 Å². The van der Waals surface area contributed by atoms with Crippen molar-refractivity contribution in [3.8, 4) is 5.69 Å². The van der Waals surface area contributed by atoms with Crippen LogP contribution in [0.1, 0.15) is 16.8 Å². The molecule has 0 amide bonds. The maximum absolute atomic E-state index is 12.4. The minimum absolute atomic E-state index is 0.0172. The Labute approximate surface area is 170 Å². The normalized spacial score (nSPS) is 10.9. The van der Waals surface area contributed by atoms with Gasteiger partial charge in [-0.15, -0.1) is 0 Å². The molecular weight excluding hydrogens is 360 g/mol. The summed E-state index contributed by atoms with van der Waals surface area (Å²) in [6.45, 7) is 2.31. The fourth-order valence-corrected chi connectivity index (χ4v) is 3.36. The van der Waals surface area contributed by atoms with Gasteiger partial charge in [0.25, 0.3) is 5.56 Å². The minimum atomic E-state index is -0.0172. The first kappa shape index (κ1) is 18.9. The first-order chi connectivity index (χ1) is 14.3. The van der Waals surface area contributed by atoms with Gasteiger partial charge in [0.1, 0.15) is 0 Å². The quantitative estimate of drug-likeness (QED) is 0.474. The van der Waals surface area contributed by atoms with Gasteiger partial charge < -0.3 is 9.88 Å². The molecule has 2 aromatic carbocycles. The topological polar surface area (TPSA) is 51.9 Å². The van der Waals surface area contributed by atoms with Crippen molar-refractivity contribution in [2.45, 2.75) is 19.5 Å². The Balaban J connectivity index is 1.31. The number of nitrogens with one attached hydrogen (secondary N) is 1. The molecule has 5 nitrogen and oxygen atoms in total. The van der Waals surface area contributed by atoms with E-state index in [2.05, 4.69) is 39.1 Å². The van der Waals surface area contributed by atoms with Crippen molar-refractivity contribution in [1.82, 2.24) is 19.4 Å². The molecule has 4 aromatic rings. The molecule has 0 aliphatic heterocycles. The number of hydrogen-bond acceptors (Lipinski definition) is 3. The molecule has 0 unspecified atom stereocenters. The van der Waals surface area contributed by atoms with E-state index in [9.17, 15) is 4.79 Å². The molecule has 5 heteroatoms. The predicted molar refractivity (Wildman–Crippen MR) is 115 cm³/mol. The van der Waals surface area contributed by atoms with Crippen LogP contribution in [0.2, 0.25) is 0 Å². The second-order valence-electron chi connectivity index (χ2n) is 7.00. The summed E-state index contributed by atoms with van der Waals surface area (Å²) in [5.41, 5.74) is 4.31. The summed E-state index contributed by atoms with van der Waals surface area (Å²) in [7, 11) is 0. The third-order valence-corrected chi connectivity index (χ3v) is 4.90. The predicted octanol–water partition coefficient (Wildman–Crippen LogP) is 3.41. The molecule has 0 radical (unpaired) electrons. The molecule has 0 fully saturated rings. The van der Waals surface area contributed by atoms with Crippen LogP contribution in [0.15, 0.2) is 96.3 Å². The lowest BCUT2D eigenvalue weighted by molar-refractivity contribution is 0.651. The van der Waals surface area contributed by atoms with Crippen molar-refractivity contribution >= 4 is 0 Å². The van der Waals surface area contributed by atoms with Crippen LogP contribution in [0.25, 0.3) is 5.69 Å². The maximum Gasteiger partial charge on any atom is 0.255 e. The Morgan fingerprint density at radius 3 is 2.41 bits per heavy atom. The van der Waals surface area contributed by atoms with Gasteiger partial charge in [-0.3, -0.25) is 9.36 Å². The third kappa shape index (κ3) is 4.89. The molecule has 4 rings (SSSR count). The number of nitrogens with zero attached hydrogens (tertiary/aromatic N) is 3. The summed E-state index contributed by atoms with van der Waals surface area (Å²) in [6.07, 6.45) is 6.52. The number of benzene rings is 2. The van der Waals surface area contributed by atoms with Crippen LogP contribution < -0.4 is 10.9 Å². The van der Waals surface area contributed by atoms with Crippen molar-refractivity contribution < 1.29 is 0 Å². The first-order valence-electron chi connectivity index (χ1n) is 9.80. The molecule has 1 N–H and O–H groups in total. The van der Waals surface area contributed by atoms with E-state index in [1.54, 1.807) is 10.6 Å². The number of rotatable bonds is 8. The van der Waals surface area contributed by atoms with Crippen LogP contribution in [0.4, 0.5) is 0 Å². The van der Waals surface area contributed by atoms with Crippen LogP contribution in [0.3, 0.4) is 0 Å². The minimum Gasteiger partial charge on any atom is -0.330 e. The molecule has 0 spiro atoms. The summed E-state index contributed by atoms with van der Waals surface area (Å²) in [5, 5.41) is 3.43. The van der Waals surface area contributed by atoms with Gasteiger partial charge in [0.05, 0.1) is 6.33 Å². The lowest BCUT2D eigenvalue weighted by atomic mass is 10.2. The highest BCUT2D eigenvalue weighted by molar-refractivity contribution is 5.32. The molecule has 0 aliphatic rings. The first-order valence-corrected chi connectivity index (χ1v) is 9.80. The van der Waals surface area contributed by atoms with Gasteiger partial charge in [-0.05, 0) is 29.3 Å². The molecular formula is C24H24N4O. The van der Waals surface area contributed by atoms with E-state index < -0.39 is 0 Å². The summed E-state index contributed by atoms with van der Waals surface area (Å²) in [6, 6.07) is 23.7. The Kier molecular flexibility index (Phi) is 5.98. The second kappa shape index (κ2) is 9.17. The highest BCUT2D eigenvalue weighted by Crippen LogP contribution is 2.07. The summed E-state index contributed by atoms with van der Waals surface area (Å²) in [5.74, 6) is 0. The van der Waals surface area contributed by atoms with Crippen molar-refractivity contribution in [2.24, 2.45) is 0 Å². The standard InChI is InChI=1S/C24H24N4O/c29-24-15-21(12-14-28(24)22-9-5-2-6-10-22)16-25-13-11-23-17-26-19-27(23)18-20-7-3-1-4-8-20/h1-10,12,14-15,17,19,25H,11,13,16,18H2. The molecule has 0 saturated heterocycles. The molecule has 0 saturated carbocycles. The van der Waals surface area contributed by atoms with Crippen LogP contribution in [0, 0.1) is 0 Å². The SMILES string of the molecule is O=c1cc(CNCCc2cncn2Cc2ccccc2)ccn1-c1ccccc1. The van der Waals surface area contributed by atoms with E-state index in [1.807, 2.05) is 61.2 Å². The number of hydrogen-bond donors (Lipinski definition) is 1. The van der Waals surface area contributed by atoms with Crippen LogP contribution in [-0.4, -0.2) is 20.7 Å². The van der Waals surface area contributed by atoms with Gasteiger partial charge >= 0.3 is 0 Å². The van der Waals surface area contributed by atoms with Crippen molar-refractivity contribution in [2.75, 3.05) is 6.54 Å². The lowest BCUT2D eigenvalue weighted by Crippen LogP contribution is -2.21. The van der Waals surface area contributed by atoms with Gasteiger partial charge in [-0.2, -0.15) is 0 Å².